The van der Waals surface area contributed by atoms with E-state index in [4.69, 9.17) is 16.3 Å². The number of rotatable bonds is 6. The molecule has 0 aliphatic carbocycles. The third kappa shape index (κ3) is 4.99. The van der Waals surface area contributed by atoms with Crippen LogP contribution in [-0.4, -0.2) is 31.9 Å². The van der Waals surface area contributed by atoms with Gasteiger partial charge in [0.15, 0.2) is 6.10 Å². The first kappa shape index (κ1) is 25.8. The van der Waals surface area contributed by atoms with Crippen molar-refractivity contribution in [2.75, 3.05) is 0 Å². The fourth-order valence-corrected chi connectivity index (χ4v) is 4.86. The van der Waals surface area contributed by atoms with Gasteiger partial charge in [-0.2, -0.15) is 13.2 Å². The molecule has 0 radical (unpaired) electrons. The zero-order valence-corrected chi connectivity index (χ0v) is 19.6. The van der Waals surface area contributed by atoms with Crippen molar-refractivity contribution in [1.29, 1.82) is 0 Å². The molecule has 0 bridgehead atoms. The predicted molar refractivity (Wildman–Crippen MR) is 123 cm³/mol. The van der Waals surface area contributed by atoms with Crippen molar-refractivity contribution in [3.63, 3.8) is 0 Å². The maximum atomic E-state index is 13.9. The van der Waals surface area contributed by atoms with Crippen molar-refractivity contribution in [1.82, 2.24) is 14.5 Å². The monoisotopic (exact) mass is 547 g/mol. The predicted octanol–water partition coefficient (Wildman–Crippen LogP) is 5.43. The molecule has 3 heterocycles. The van der Waals surface area contributed by atoms with Crippen molar-refractivity contribution in [2.24, 2.45) is 0 Å². The maximum Gasteiger partial charge on any atom is 0.416 e. The quantitative estimate of drug-likeness (QED) is 0.314. The summed E-state index contributed by atoms with van der Waals surface area (Å²) in [5.41, 5.74) is -2.22. The number of aliphatic hydroxyl groups excluding tert-OH is 1. The number of fused-ring (bicyclic) bond motifs is 1. The van der Waals surface area contributed by atoms with Crippen molar-refractivity contribution < 1.29 is 31.8 Å². The van der Waals surface area contributed by atoms with Crippen LogP contribution in [0.15, 0.2) is 46.1 Å². The molecule has 0 saturated heterocycles. The Hall–Kier alpha value is -3.29. The highest BCUT2D eigenvalue weighted by Gasteiger charge is 2.39. The molecule has 14 heteroatoms. The lowest BCUT2D eigenvalue weighted by atomic mass is 10.1. The van der Waals surface area contributed by atoms with Gasteiger partial charge in [-0.3, -0.25) is 14.3 Å². The molecule has 0 saturated carbocycles. The lowest BCUT2D eigenvalue weighted by molar-refractivity contribution is -0.207. The number of benzene rings is 1. The topological polar surface area (TPSA) is 97.2 Å². The van der Waals surface area contributed by atoms with Gasteiger partial charge in [0.05, 0.1) is 17.5 Å². The van der Waals surface area contributed by atoms with Gasteiger partial charge < -0.3 is 9.84 Å². The van der Waals surface area contributed by atoms with E-state index in [2.05, 4.69) is 4.98 Å². The van der Waals surface area contributed by atoms with Gasteiger partial charge in [-0.1, -0.05) is 11.6 Å². The average molecular weight is 548 g/mol. The minimum absolute atomic E-state index is 0.107. The normalized spacial score (nSPS) is 12.9. The Bertz CT molecular complexity index is 1550. The van der Waals surface area contributed by atoms with Gasteiger partial charge in [0.1, 0.15) is 10.6 Å². The fraction of sp³-hybridized carbons (Fsp3) is 0.227. The standard InChI is InChI=1S/C22H15ClF5N3O4S/c1-9-15-18(33)30-21(34)31(8-14(32)22(26,27)28)20(15)36-16(9)10-6-13(17(24)25)19(29-7-10)35-12-4-2-11(23)3-5-12/h2-7,14,17,32H,8H2,1H3,(H,30,33,34)/t14-/m1/s1. The summed E-state index contributed by atoms with van der Waals surface area (Å²) in [5.74, 6) is -0.170. The van der Waals surface area contributed by atoms with Crippen LogP contribution in [0.25, 0.3) is 20.7 Å². The summed E-state index contributed by atoms with van der Waals surface area (Å²) < 4.78 is 72.5. The molecule has 3 aromatic heterocycles. The average Bonchev–Trinajstić information content (AvgIpc) is 3.15. The Morgan fingerprint density at radius 1 is 1.22 bits per heavy atom. The number of thiophene rings is 1. The molecule has 4 aromatic rings. The molecule has 1 atom stereocenters. The first-order chi connectivity index (χ1) is 16.9. The van der Waals surface area contributed by atoms with Crippen molar-refractivity contribution in [2.45, 2.75) is 32.2 Å². The minimum atomic E-state index is -5.01. The van der Waals surface area contributed by atoms with E-state index in [-0.39, 0.29) is 37.9 Å². The Balaban J connectivity index is 1.82. The van der Waals surface area contributed by atoms with Gasteiger partial charge in [-0.25, -0.2) is 18.6 Å². The lowest BCUT2D eigenvalue weighted by Crippen LogP contribution is -2.38. The van der Waals surface area contributed by atoms with Gasteiger partial charge in [0, 0.05) is 21.7 Å². The van der Waals surface area contributed by atoms with Crippen molar-refractivity contribution in [3.05, 3.63) is 73.5 Å². The molecule has 0 fully saturated rings. The molecule has 0 spiro atoms. The van der Waals surface area contributed by atoms with Crippen LogP contribution in [0.2, 0.25) is 5.02 Å². The number of ether oxygens (including phenoxy) is 1. The van der Waals surface area contributed by atoms with Crippen LogP contribution in [0.4, 0.5) is 22.0 Å². The van der Waals surface area contributed by atoms with E-state index in [1.54, 1.807) is 0 Å². The van der Waals surface area contributed by atoms with Crippen LogP contribution in [0, 0.1) is 6.92 Å². The van der Waals surface area contributed by atoms with Gasteiger partial charge in [-0.05, 0) is 42.8 Å². The van der Waals surface area contributed by atoms with E-state index >= 15 is 0 Å². The van der Waals surface area contributed by atoms with E-state index in [9.17, 15) is 36.6 Å². The molecular formula is C22H15ClF5N3O4S. The van der Waals surface area contributed by atoms with Crippen LogP contribution < -0.4 is 16.0 Å². The van der Waals surface area contributed by atoms with E-state index in [0.717, 1.165) is 17.4 Å². The molecule has 1 aromatic carbocycles. The number of aliphatic hydroxyl groups is 1. The highest BCUT2D eigenvalue weighted by molar-refractivity contribution is 7.22. The summed E-state index contributed by atoms with van der Waals surface area (Å²) in [5, 5.41) is 9.77. The number of aryl methyl sites for hydroxylation is 1. The number of halogens is 6. The summed E-state index contributed by atoms with van der Waals surface area (Å²) in [6.45, 7) is 0.294. The second kappa shape index (κ2) is 9.64. The largest absolute Gasteiger partial charge is 0.439 e. The molecule has 0 unspecified atom stereocenters. The Kier molecular flexibility index (Phi) is 6.90. The SMILES string of the molecule is Cc1c(-c2cnc(Oc3ccc(Cl)cc3)c(C(F)F)c2)sc2c1c(=O)[nH]c(=O)n2C[C@@H](O)C(F)(F)F. The van der Waals surface area contributed by atoms with Crippen molar-refractivity contribution >= 4 is 33.2 Å². The molecule has 190 valence electrons. The summed E-state index contributed by atoms with van der Waals surface area (Å²) >= 11 is 6.55. The lowest BCUT2D eigenvalue weighted by Gasteiger charge is -2.15. The number of nitrogens with one attached hydrogen (secondary N) is 1. The second-order valence-corrected chi connectivity index (χ2v) is 9.07. The number of aromatic nitrogens is 3. The zero-order chi connectivity index (χ0) is 26.4. The first-order valence-electron chi connectivity index (χ1n) is 10.1. The number of alkyl halides is 5. The molecule has 4 rings (SSSR count). The molecule has 0 aliphatic rings. The molecule has 0 aliphatic heterocycles. The molecule has 36 heavy (non-hydrogen) atoms. The Morgan fingerprint density at radius 3 is 2.50 bits per heavy atom. The summed E-state index contributed by atoms with van der Waals surface area (Å²) in [4.78, 5) is 30.7. The van der Waals surface area contributed by atoms with Crippen LogP contribution in [0.5, 0.6) is 11.6 Å². The minimum Gasteiger partial charge on any atom is -0.439 e. The smallest absolute Gasteiger partial charge is 0.416 e. The number of hydrogen-bond acceptors (Lipinski definition) is 6. The summed E-state index contributed by atoms with van der Waals surface area (Å²) in [6, 6.07) is 7.01. The zero-order valence-electron chi connectivity index (χ0n) is 18.1. The van der Waals surface area contributed by atoms with Crippen LogP contribution in [-0.2, 0) is 6.54 Å². The third-order valence-electron chi connectivity index (χ3n) is 5.20. The highest BCUT2D eigenvalue weighted by Crippen LogP contribution is 2.40. The Morgan fingerprint density at radius 2 is 1.89 bits per heavy atom. The number of H-pyrrole nitrogens is 1. The molecule has 0 amide bonds. The second-order valence-electron chi connectivity index (χ2n) is 7.64. The number of hydrogen-bond donors (Lipinski definition) is 2. The van der Waals surface area contributed by atoms with Crippen LogP contribution in [0.1, 0.15) is 17.6 Å². The number of nitrogens with zero attached hydrogens (tertiary/aromatic N) is 2. The molecule has 7 nitrogen and oxygen atoms in total. The number of pyridine rings is 1. The third-order valence-corrected chi connectivity index (χ3v) is 6.82. The summed E-state index contributed by atoms with van der Waals surface area (Å²) in [7, 11) is 0. The van der Waals surface area contributed by atoms with E-state index in [1.807, 2.05) is 4.98 Å². The maximum absolute atomic E-state index is 13.9. The fourth-order valence-electron chi connectivity index (χ4n) is 3.44. The van der Waals surface area contributed by atoms with Gasteiger partial charge >= 0.3 is 11.9 Å². The number of aromatic amines is 1. The van der Waals surface area contributed by atoms with E-state index in [1.165, 1.54) is 37.4 Å². The molecule has 2 N–H and O–H groups in total. The highest BCUT2D eigenvalue weighted by atomic mass is 35.5. The first-order valence-corrected chi connectivity index (χ1v) is 11.3. The van der Waals surface area contributed by atoms with Gasteiger partial charge in [0.2, 0.25) is 5.88 Å². The van der Waals surface area contributed by atoms with Gasteiger partial charge in [0.25, 0.3) is 12.0 Å². The van der Waals surface area contributed by atoms with E-state index < -0.39 is 42.1 Å². The van der Waals surface area contributed by atoms with E-state index in [0.29, 0.717) is 9.59 Å². The summed E-state index contributed by atoms with van der Waals surface area (Å²) in [6.07, 6.45) is -9.67. The Labute approximate surface area is 207 Å². The van der Waals surface area contributed by atoms with Crippen LogP contribution in [0.3, 0.4) is 0 Å². The van der Waals surface area contributed by atoms with Gasteiger partial charge in [-0.15, -0.1) is 11.3 Å². The van der Waals surface area contributed by atoms with Crippen molar-refractivity contribution in [3.8, 4) is 22.1 Å². The molecular weight excluding hydrogens is 533 g/mol. The van der Waals surface area contributed by atoms with Crippen LogP contribution >= 0.6 is 22.9 Å².